The quantitative estimate of drug-likeness (QED) is 0.0525. The Morgan fingerprint density at radius 3 is 0.838 bits per heavy atom. The van der Waals surface area contributed by atoms with Gasteiger partial charge in [0.1, 0.15) is 26.6 Å². The summed E-state index contributed by atoms with van der Waals surface area (Å²) in [4.78, 5) is 153. The van der Waals surface area contributed by atoms with E-state index in [0.29, 0.717) is 0 Å². The number of phosphoric acid groups is 2. The third kappa shape index (κ3) is 192. The molecule has 0 heterocycles. The van der Waals surface area contributed by atoms with Crippen LogP contribution >= 0.6 is 119 Å². The van der Waals surface area contributed by atoms with Crippen LogP contribution in [0.4, 0.5) is 8.78 Å². The largest absolute Gasteiger partial charge is 0.790 e. The number of thiol groups is 1. The molecule has 0 aliphatic carbocycles. The zero-order valence-corrected chi connectivity index (χ0v) is 60.0. The van der Waals surface area contributed by atoms with Crippen LogP contribution < -0.4 is 45.3 Å². The number of nitrogens with one attached hydrogen (secondary N) is 2. The summed E-state index contributed by atoms with van der Waals surface area (Å²) in [6, 6.07) is 0. The summed E-state index contributed by atoms with van der Waals surface area (Å²) in [5, 5.41) is 3.69. The van der Waals surface area contributed by atoms with Gasteiger partial charge in [-0.05, 0) is 18.7 Å². The predicted octanol–water partition coefficient (Wildman–Crippen LogP) is -1.12. The van der Waals surface area contributed by atoms with E-state index < -0.39 is 101 Å². The van der Waals surface area contributed by atoms with Crippen LogP contribution in [0.2, 0.25) is 0 Å². The summed E-state index contributed by atoms with van der Waals surface area (Å²) < 4.78 is 159. The molecule has 12 unspecified atom stereocenters. The molecule has 0 radical (unpaired) electrons. The first kappa shape index (κ1) is 114. The molecule has 16 N–H and O–H groups in total. The molecule has 0 aliphatic rings. The Hall–Kier alpha value is 3.60. The van der Waals surface area contributed by atoms with Gasteiger partial charge in [-0.2, -0.15) is 8.78 Å². The highest BCUT2D eigenvalue weighted by atomic mass is 35.7. The van der Waals surface area contributed by atoms with Crippen LogP contribution in [0.5, 0.6) is 0 Å². The number of phosphoric ester groups is 2. The lowest BCUT2D eigenvalue weighted by atomic mass is 10.9. The Balaban J connectivity index is -0.0000000554. The molecule has 0 bridgehead atoms. The van der Waals surface area contributed by atoms with Crippen LogP contribution in [0.1, 0.15) is 13.8 Å². The fraction of sp³-hybridized carbons (Fsp3) is 1.00. The van der Waals surface area contributed by atoms with Gasteiger partial charge < -0.3 is 137 Å². The van der Waals surface area contributed by atoms with E-state index in [4.69, 9.17) is 64.5 Å². The van der Waals surface area contributed by atoms with Gasteiger partial charge in [0.05, 0.1) is 32.8 Å². The highest BCUT2D eigenvalue weighted by Gasteiger charge is 2.34. The molecule has 0 aromatic carbocycles. The number of nitrogens with two attached hydrogens (primary N) is 1. The maximum absolute atomic E-state index is 11.4. The number of hydrogen-bond acceptors (Lipinski definition) is 31. The minimum absolute atomic E-state index is 0.112. The van der Waals surface area contributed by atoms with Crippen molar-refractivity contribution in [2.75, 3.05) is 104 Å². The summed E-state index contributed by atoms with van der Waals surface area (Å²) in [6.07, 6.45) is -0.490. The summed E-state index contributed by atoms with van der Waals surface area (Å²) in [6.45, 7) is -7.92. The minimum Gasteiger partial charge on any atom is -0.790 e. The average Bonchev–Trinajstić information content (AvgIpc) is 3.28. The molecule has 0 aromatic rings. The van der Waals surface area contributed by atoms with Crippen molar-refractivity contribution >= 4 is 166 Å². The van der Waals surface area contributed by atoms with Crippen LogP contribution in [-0.4, -0.2) is 169 Å². The molecule has 0 saturated heterocycles. The molecule has 0 amide bonds. The van der Waals surface area contributed by atoms with E-state index >= 15 is 0 Å². The van der Waals surface area contributed by atoms with E-state index in [1.165, 1.54) is 42.4 Å². The number of hydrogen-bond donors (Lipinski definition) is 16. The molecule has 80 heavy (non-hydrogen) atoms. The van der Waals surface area contributed by atoms with Crippen molar-refractivity contribution in [2.24, 2.45) is 5.73 Å². The van der Waals surface area contributed by atoms with E-state index in [1.54, 1.807) is 5.09 Å². The average molecular weight is 1570 g/mol. The van der Waals surface area contributed by atoms with E-state index in [2.05, 4.69) is 116 Å². The van der Waals surface area contributed by atoms with Gasteiger partial charge >= 0.3 is 51.1 Å². The molecule has 0 rings (SSSR count). The Labute approximate surface area is 491 Å². The third-order valence-corrected chi connectivity index (χ3v) is 14.8. The lowest BCUT2D eigenvalue weighted by Gasteiger charge is -2.21. The number of rotatable bonds is 15. The summed E-state index contributed by atoms with van der Waals surface area (Å²) in [5.41, 5.74) is -1.96. The Morgan fingerprint density at radius 1 is 0.637 bits per heavy atom. The van der Waals surface area contributed by atoms with E-state index in [0.717, 1.165) is 56.4 Å². The lowest BCUT2D eigenvalue weighted by Crippen LogP contribution is -2.18. The van der Waals surface area contributed by atoms with Gasteiger partial charge in [0.25, 0.3) is 7.82 Å². The van der Waals surface area contributed by atoms with Crippen molar-refractivity contribution in [3.63, 3.8) is 0 Å². The van der Waals surface area contributed by atoms with Crippen molar-refractivity contribution in [3.05, 3.63) is 0 Å². The second-order valence-electron chi connectivity index (χ2n) is 10.1. The smallest absolute Gasteiger partial charge is 0.694 e. The van der Waals surface area contributed by atoms with E-state index in [1.807, 2.05) is 5.09 Å². The second-order valence-corrected chi connectivity index (χ2v) is 38.1. The predicted molar refractivity (Wildman–Crippen MR) is 292 cm³/mol. The summed E-state index contributed by atoms with van der Waals surface area (Å²) in [7, 11) is -18.2. The normalized spacial score (nSPS) is 18.0. The van der Waals surface area contributed by atoms with Crippen LogP contribution in [0.3, 0.4) is 0 Å². The summed E-state index contributed by atoms with van der Waals surface area (Å²) >= 11 is 24.3. The third-order valence-electron chi connectivity index (χ3n) is 4.01. The van der Waals surface area contributed by atoms with Gasteiger partial charge in [-0.1, -0.05) is 42.3 Å². The molecule has 41 nitrogen and oxygen atoms in total. The Bertz CT molecular complexity index is 1740. The second kappa shape index (κ2) is 60.2. The topological polar surface area (TPSA) is 694 Å². The molecular weight excluding hydrogens is 1500 g/mol. The molecule has 502 valence electrons. The molecule has 0 saturated carbocycles. The maximum Gasteiger partial charge on any atom is 0.694 e. The van der Waals surface area contributed by atoms with Gasteiger partial charge in [-0.15, -0.1) is 13.9 Å². The van der Waals surface area contributed by atoms with Crippen molar-refractivity contribution in [2.45, 2.75) is 19.5 Å². The van der Waals surface area contributed by atoms with E-state index in [9.17, 15) is 83.8 Å². The molecule has 0 aromatic heterocycles. The van der Waals surface area contributed by atoms with Crippen molar-refractivity contribution in [1.29, 1.82) is 0 Å². The zero-order valence-electron chi connectivity index (χ0n) is 43.5. The van der Waals surface area contributed by atoms with Gasteiger partial charge in [0.15, 0.2) is 0 Å². The van der Waals surface area contributed by atoms with E-state index in [-0.39, 0.29) is 19.4 Å². The molecular formula is C18H66ClF2N3O38P13S5-5. The van der Waals surface area contributed by atoms with Crippen molar-refractivity contribution in [3.8, 4) is 0 Å². The molecule has 0 spiro atoms. The van der Waals surface area contributed by atoms with Crippen LogP contribution in [0.15, 0.2) is 0 Å². The molecule has 62 heteroatoms. The highest BCUT2D eigenvalue weighted by molar-refractivity contribution is 8.51. The molecule has 12 atom stereocenters. The highest BCUT2D eigenvalue weighted by Crippen LogP contribution is 2.48. The van der Waals surface area contributed by atoms with Gasteiger partial charge in [0.2, 0.25) is 15.3 Å². The fourth-order valence-corrected chi connectivity index (χ4v) is 0.447. The molecule has 0 aliphatic heterocycles. The summed E-state index contributed by atoms with van der Waals surface area (Å²) in [5.74, 6) is 0. The SMILES string of the molecule is CC(F)(F)P(=O)([O-])O.CCP(=O)([O-])O.CNP(=O)([O-])O.CNP([O-])(O)=S.COP(=O)(O)CN.COP(=O)(O)Cl.COP(=O)(O)OC.COP(=O)([O-])O.COP(C)(=O)O.COP(O)(=S)[S-].COP([O-])(O)=S.CO[P+](=O)O.CO[P+](=O)S. The van der Waals surface area contributed by atoms with Gasteiger partial charge in [-0.25, -0.2) is 9.13 Å². The standard InChI is InChI=1S/C2H5F2O3P.C2H8NO3P.C2H7O4P.2C2H7O3P.CH4ClO3P.CH6NO3P.CH6NO2PS.CH5O4P.CH5O3PS.CH3O3P.CH5O2PS2.CH3O2PS/c1-2(3,4)8(5,6)7;1-6-7(4,5)2-3;1-5-7(3,4)6-2;1-5-6(2,3)4;1-2-6(3,4)5;1-5-6(2,3)4;1-2-6(3,4)5;1-2-5(3,4)6;1-5-6(2,3)4;1-4-5(2,3)6;1-4-5(2)3;1-3-4(2,5)6;1-3-4(2)5/h1H3,(H2,5,6,7);2-3H2,1H3,(H,4,5);1-2H3,(H,3,4);1-2H3,(H,3,4);2H2,1H3,(H2,3,4,5);1H3,(H,3,4);1H3,(H3,2,3,4,5);1H3,(H3,2,3,4,6);1H3,(H2,2,3,4);1H3,(H2,2,3,6);1H3;1H3,(H2,2,5,6);1H3/p-5. The number of halogens is 3. The molecule has 0 fully saturated rings. The fourth-order valence-electron chi connectivity index (χ4n) is 0.149. The minimum atomic E-state index is -5.43. The van der Waals surface area contributed by atoms with Gasteiger partial charge in [-0.3, -0.25) is 37.5 Å². The lowest BCUT2D eigenvalue weighted by molar-refractivity contribution is -0.217. The Morgan fingerprint density at radius 2 is 0.838 bits per heavy atom. The first-order valence-electron chi connectivity index (χ1n) is 17.1. The Kier molecular flexibility index (Phi) is 86.1. The first-order valence-corrected chi connectivity index (χ1v) is 43.7. The maximum atomic E-state index is 11.4. The zero-order chi connectivity index (χ0) is 69.1. The van der Waals surface area contributed by atoms with Crippen molar-refractivity contribution in [1.82, 2.24) is 10.2 Å². The van der Waals surface area contributed by atoms with Gasteiger partial charge in [0, 0.05) is 92.4 Å². The first-order chi connectivity index (χ1) is 34.5. The monoisotopic (exact) mass is 1570 g/mol. The van der Waals surface area contributed by atoms with Crippen LogP contribution in [0.25, 0.3) is 0 Å². The van der Waals surface area contributed by atoms with Crippen LogP contribution in [0, 0.1) is 0 Å². The van der Waals surface area contributed by atoms with Crippen molar-refractivity contribution < 1.29 is 188 Å². The number of alkyl halides is 2. The van der Waals surface area contributed by atoms with Crippen LogP contribution in [-0.2, 0) is 139 Å².